The Balaban J connectivity index is 1.68. The van der Waals surface area contributed by atoms with Crippen molar-refractivity contribution in [1.82, 2.24) is 4.98 Å². The van der Waals surface area contributed by atoms with Crippen molar-refractivity contribution in [3.63, 3.8) is 0 Å². The topological polar surface area (TPSA) is 101 Å². The third-order valence-corrected chi connectivity index (χ3v) is 7.33. The number of thiazole rings is 1. The zero-order valence-corrected chi connectivity index (χ0v) is 20.4. The standard InChI is InChI=1S/C25H17BrN2O5S/c1-12-23(13(2)29)34-25(27-12)28-20(15-7-5-8-16(26)10-15)19(22(31)24(28)32)21(30)18-11-14-6-3-4-9-17(14)33-18/h3-11,20,31H,1-2H3. The normalized spacial score (nSPS) is 16.0. The molecule has 1 amide bonds. The Morgan fingerprint density at radius 2 is 1.91 bits per heavy atom. The molecule has 1 N–H and O–H groups in total. The molecular weight excluding hydrogens is 520 g/mol. The maximum Gasteiger partial charge on any atom is 0.296 e. The second kappa shape index (κ2) is 8.34. The van der Waals surface area contributed by atoms with Crippen molar-refractivity contribution < 1.29 is 23.9 Å². The van der Waals surface area contributed by atoms with Gasteiger partial charge in [-0.3, -0.25) is 19.3 Å². The minimum atomic E-state index is -0.962. The first-order chi connectivity index (χ1) is 16.3. The first-order valence-corrected chi connectivity index (χ1v) is 11.9. The number of nitrogens with zero attached hydrogens (tertiary/aromatic N) is 2. The van der Waals surface area contributed by atoms with Gasteiger partial charge in [0.15, 0.2) is 22.4 Å². The van der Waals surface area contributed by atoms with E-state index < -0.39 is 23.5 Å². The Bertz CT molecular complexity index is 1500. The van der Waals surface area contributed by atoms with Gasteiger partial charge in [0, 0.05) is 16.8 Å². The lowest BCUT2D eigenvalue weighted by molar-refractivity contribution is -0.117. The molecule has 1 atom stereocenters. The molecule has 3 heterocycles. The number of furan rings is 1. The molecule has 9 heteroatoms. The molecular formula is C25H17BrN2O5S. The summed E-state index contributed by atoms with van der Waals surface area (Å²) in [4.78, 5) is 45.0. The van der Waals surface area contributed by atoms with Crippen molar-refractivity contribution >= 4 is 60.8 Å². The highest BCUT2D eigenvalue weighted by atomic mass is 79.9. The molecule has 0 bridgehead atoms. The number of hydrogen-bond donors (Lipinski definition) is 1. The van der Waals surface area contributed by atoms with Crippen molar-refractivity contribution in [2.75, 3.05) is 4.90 Å². The summed E-state index contributed by atoms with van der Waals surface area (Å²) in [6.45, 7) is 3.10. The van der Waals surface area contributed by atoms with Crippen molar-refractivity contribution in [2.45, 2.75) is 19.9 Å². The van der Waals surface area contributed by atoms with Gasteiger partial charge in [0.25, 0.3) is 5.91 Å². The van der Waals surface area contributed by atoms with Gasteiger partial charge in [-0.15, -0.1) is 0 Å². The lowest BCUT2D eigenvalue weighted by Gasteiger charge is -2.24. The molecule has 1 unspecified atom stereocenters. The summed E-state index contributed by atoms with van der Waals surface area (Å²) in [6.07, 6.45) is 0. The van der Waals surface area contributed by atoms with Gasteiger partial charge in [0.1, 0.15) is 5.58 Å². The number of benzene rings is 2. The number of aliphatic hydroxyl groups excluding tert-OH is 1. The molecule has 2 aromatic heterocycles. The second-order valence-corrected chi connectivity index (χ2v) is 9.73. The molecule has 0 fully saturated rings. The smallest absolute Gasteiger partial charge is 0.296 e. The summed E-state index contributed by atoms with van der Waals surface area (Å²) in [5, 5.41) is 11.9. The predicted molar refractivity (Wildman–Crippen MR) is 131 cm³/mol. The van der Waals surface area contributed by atoms with Crippen LogP contribution in [0.3, 0.4) is 0 Å². The number of halogens is 1. The molecule has 7 nitrogen and oxygen atoms in total. The van der Waals surface area contributed by atoms with E-state index in [-0.39, 0.29) is 22.2 Å². The van der Waals surface area contributed by atoms with Crippen LogP contribution in [0.1, 0.15) is 44.4 Å². The number of rotatable bonds is 5. The van der Waals surface area contributed by atoms with Crippen LogP contribution in [0.5, 0.6) is 0 Å². The van der Waals surface area contributed by atoms with E-state index in [9.17, 15) is 19.5 Å². The van der Waals surface area contributed by atoms with Crippen molar-refractivity contribution in [2.24, 2.45) is 0 Å². The SMILES string of the molecule is CC(=O)c1sc(N2C(=O)C(O)=C(C(=O)c3cc4ccccc4o3)C2c2cccc(Br)c2)nc1C. The summed E-state index contributed by atoms with van der Waals surface area (Å²) in [6, 6.07) is 14.9. The first-order valence-electron chi connectivity index (χ1n) is 10.3. The Kier molecular flexibility index (Phi) is 5.45. The lowest BCUT2D eigenvalue weighted by atomic mass is 9.95. The number of carbonyl (C=O) groups excluding carboxylic acids is 3. The van der Waals surface area contributed by atoms with Crippen molar-refractivity contribution in [1.29, 1.82) is 0 Å². The zero-order valence-electron chi connectivity index (χ0n) is 18.0. The minimum absolute atomic E-state index is 0.0112. The van der Waals surface area contributed by atoms with Crippen LogP contribution in [0.2, 0.25) is 0 Å². The molecule has 0 saturated carbocycles. The van der Waals surface area contributed by atoms with Crippen molar-refractivity contribution in [3.8, 4) is 0 Å². The highest BCUT2D eigenvalue weighted by Crippen LogP contribution is 2.44. The zero-order chi connectivity index (χ0) is 24.1. The van der Waals surface area contributed by atoms with Crippen LogP contribution in [0, 0.1) is 6.92 Å². The molecule has 5 rings (SSSR count). The average molecular weight is 537 g/mol. The van der Waals surface area contributed by atoms with E-state index in [1.807, 2.05) is 18.2 Å². The molecule has 1 aliphatic heterocycles. The summed E-state index contributed by atoms with van der Waals surface area (Å²) in [5.74, 6) is -2.21. The quantitative estimate of drug-likeness (QED) is 0.316. The van der Waals surface area contributed by atoms with Crippen LogP contribution in [-0.2, 0) is 4.79 Å². The van der Waals surface area contributed by atoms with E-state index in [1.54, 1.807) is 43.3 Å². The van der Waals surface area contributed by atoms with Crippen LogP contribution >= 0.6 is 27.3 Å². The predicted octanol–water partition coefficient (Wildman–Crippen LogP) is 5.95. The lowest BCUT2D eigenvalue weighted by Crippen LogP contribution is -2.31. The van der Waals surface area contributed by atoms with Gasteiger partial charge in [-0.05, 0) is 36.8 Å². The van der Waals surface area contributed by atoms with Gasteiger partial charge in [-0.1, -0.05) is 57.6 Å². The molecule has 0 radical (unpaired) electrons. The van der Waals surface area contributed by atoms with E-state index in [4.69, 9.17) is 4.42 Å². The number of ketones is 2. The van der Waals surface area contributed by atoms with E-state index in [1.165, 1.54) is 11.8 Å². The fraction of sp³-hybridized carbons (Fsp3) is 0.120. The maximum atomic E-state index is 13.6. The number of fused-ring (bicyclic) bond motifs is 1. The van der Waals surface area contributed by atoms with Gasteiger partial charge < -0.3 is 9.52 Å². The molecule has 170 valence electrons. The number of para-hydroxylation sites is 1. The molecule has 0 spiro atoms. The molecule has 2 aromatic carbocycles. The molecule has 34 heavy (non-hydrogen) atoms. The van der Waals surface area contributed by atoms with Gasteiger partial charge >= 0.3 is 0 Å². The number of anilines is 1. The van der Waals surface area contributed by atoms with E-state index in [0.717, 1.165) is 21.2 Å². The van der Waals surface area contributed by atoms with E-state index >= 15 is 0 Å². The van der Waals surface area contributed by atoms with E-state index in [2.05, 4.69) is 20.9 Å². The van der Waals surface area contributed by atoms with Crippen LogP contribution in [0.25, 0.3) is 11.0 Å². The van der Waals surface area contributed by atoms with Crippen LogP contribution < -0.4 is 4.90 Å². The van der Waals surface area contributed by atoms with Gasteiger partial charge in [0.2, 0.25) is 5.78 Å². The van der Waals surface area contributed by atoms with Gasteiger partial charge in [0.05, 0.1) is 22.2 Å². The number of aryl methyl sites for hydroxylation is 1. The first kappa shape index (κ1) is 22.2. The largest absolute Gasteiger partial charge is 0.503 e. The summed E-state index contributed by atoms with van der Waals surface area (Å²) < 4.78 is 6.47. The van der Waals surface area contributed by atoms with Gasteiger partial charge in [-0.2, -0.15) is 0 Å². The third-order valence-electron chi connectivity index (χ3n) is 5.58. The number of aromatic nitrogens is 1. The Morgan fingerprint density at radius 3 is 2.59 bits per heavy atom. The summed E-state index contributed by atoms with van der Waals surface area (Å²) in [5.41, 5.74) is 1.47. The number of aliphatic hydroxyl groups is 1. The monoisotopic (exact) mass is 536 g/mol. The fourth-order valence-electron chi connectivity index (χ4n) is 4.06. The molecule has 4 aromatic rings. The number of hydrogen-bond acceptors (Lipinski definition) is 7. The molecule has 1 aliphatic rings. The second-order valence-electron chi connectivity index (χ2n) is 7.84. The fourth-order valence-corrected chi connectivity index (χ4v) is 5.47. The number of carbonyl (C=O) groups is 3. The van der Waals surface area contributed by atoms with Gasteiger partial charge in [-0.25, -0.2) is 4.98 Å². The highest BCUT2D eigenvalue weighted by molar-refractivity contribution is 9.10. The Hall–Kier alpha value is -3.56. The number of amides is 1. The van der Waals surface area contributed by atoms with Crippen LogP contribution in [-0.4, -0.2) is 27.6 Å². The Morgan fingerprint density at radius 1 is 1.15 bits per heavy atom. The van der Waals surface area contributed by atoms with Crippen LogP contribution in [0.4, 0.5) is 5.13 Å². The van der Waals surface area contributed by atoms with Crippen LogP contribution in [0.15, 0.2) is 74.8 Å². The highest BCUT2D eigenvalue weighted by Gasteiger charge is 2.46. The molecule has 0 aliphatic carbocycles. The summed E-state index contributed by atoms with van der Waals surface area (Å²) in [7, 11) is 0. The van der Waals surface area contributed by atoms with Crippen molar-refractivity contribution in [3.05, 3.63) is 92.3 Å². The minimum Gasteiger partial charge on any atom is -0.503 e. The Labute approximate surface area is 206 Å². The van der Waals surface area contributed by atoms with E-state index in [0.29, 0.717) is 21.7 Å². The maximum absolute atomic E-state index is 13.6. The number of Topliss-reactive ketones (excluding diaryl/α,β-unsaturated/α-hetero) is 2. The third kappa shape index (κ3) is 3.57. The average Bonchev–Trinajstić information content (AvgIpc) is 3.47. The molecule has 0 saturated heterocycles. The summed E-state index contributed by atoms with van der Waals surface area (Å²) >= 11 is 4.48.